The molecule has 1 unspecified atom stereocenters. The van der Waals surface area contributed by atoms with Crippen LogP contribution in [0.5, 0.6) is 0 Å². The Morgan fingerprint density at radius 1 is 1.00 bits per heavy atom. The minimum absolute atomic E-state index is 0.761. The summed E-state index contributed by atoms with van der Waals surface area (Å²) in [6.45, 7) is 7.97. The molecule has 0 aliphatic heterocycles. The summed E-state index contributed by atoms with van der Waals surface area (Å²) in [5, 5.41) is 3.61. The van der Waals surface area contributed by atoms with Crippen LogP contribution in [-0.4, -0.2) is 24.1 Å². The van der Waals surface area contributed by atoms with Gasteiger partial charge in [-0.25, -0.2) is 0 Å². The van der Waals surface area contributed by atoms with E-state index in [1.165, 1.54) is 56.6 Å². The Morgan fingerprint density at radius 2 is 1.73 bits per heavy atom. The topological polar surface area (TPSA) is 12.0 Å². The Kier molecular flexibility index (Phi) is 12.6. The van der Waals surface area contributed by atoms with Crippen LogP contribution in [0, 0.1) is 0 Å². The molecule has 0 aromatic carbocycles. The summed E-state index contributed by atoms with van der Waals surface area (Å²) >= 11 is 2.13. The summed E-state index contributed by atoms with van der Waals surface area (Å²) in [7, 11) is 0. The zero-order valence-electron chi connectivity index (χ0n) is 10.8. The zero-order valence-corrected chi connectivity index (χ0v) is 11.7. The molecule has 92 valence electrons. The molecule has 0 heterocycles. The van der Waals surface area contributed by atoms with Crippen LogP contribution in [0.3, 0.4) is 0 Å². The molecule has 1 nitrogen and oxygen atoms in total. The largest absolute Gasteiger partial charge is 0.314 e. The van der Waals surface area contributed by atoms with Crippen molar-refractivity contribution in [2.45, 2.75) is 65.3 Å². The number of thioether (sulfide) groups is 1. The van der Waals surface area contributed by atoms with Gasteiger partial charge in [0.05, 0.1) is 0 Å². The van der Waals surface area contributed by atoms with Crippen LogP contribution >= 0.6 is 11.8 Å². The van der Waals surface area contributed by atoms with Crippen LogP contribution in [0.15, 0.2) is 0 Å². The molecule has 0 aliphatic carbocycles. The van der Waals surface area contributed by atoms with Gasteiger partial charge in [0.1, 0.15) is 0 Å². The maximum atomic E-state index is 3.61. The highest BCUT2D eigenvalue weighted by Crippen LogP contribution is 2.10. The third-order valence-corrected chi connectivity index (χ3v) is 3.81. The second-order valence-electron chi connectivity index (χ2n) is 4.17. The van der Waals surface area contributed by atoms with Crippen molar-refractivity contribution < 1.29 is 0 Å². The van der Waals surface area contributed by atoms with Gasteiger partial charge in [0.15, 0.2) is 0 Å². The highest BCUT2D eigenvalue weighted by molar-refractivity contribution is 7.99. The van der Waals surface area contributed by atoms with E-state index < -0.39 is 0 Å². The van der Waals surface area contributed by atoms with Crippen molar-refractivity contribution in [2.24, 2.45) is 0 Å². The quantitative estimate of drug-likeness (QED) is 0.538. The molecule has 0 radical (unpaired) electrons. The molecular weight excluding hydrogens is 202 g/mol. The fourth-order valence-corrected chi connectivity index (χ4v) is 2.65. The van der Waals surface area contributed by atoms with Crippen LogP contribution in [0.1, 0.15) is 59.3 Å². The summed E-state index contributed by atoms with van der Waals surface area (Å²) in [6.07, 6.45) is 7.99. The molecule has 0 saturated carbocycles. The number of hydrogen-bond donors (Lipinski definition) is 1. The molecule has 0 amide bonds. The lowest BCUT2D eigenvalue weighted by Crippen LogP contribution is -2.29. The third kappa shape index (κ3) is 10.6. The van der Waals surface area contributed by atoms with Crippen molar-refractivity contribution in [3.8, 4) is 0 Å². The Morgan fingerprint density at radius 3 is 2.33 bits per heavy atom. The van der Waals surface area contributed by atoms with Gasteiger partial charge in [0.2, 0.25) is 0 Å². The van der Waals surface area contributed by atoms with Crippen LogP contribution < -0.4 is 5.32 Å². The van der Waals surface area contributed by atoms with E-state index in [0.29, 0.717) is 0 Å². The summed E-state index contributed by atoms with van der Waals surface area (Å²) < 4.78 is 0. The van der Waals surface area contributed by atoms with Crippen molar-refractivity contribution >= 4 is 11.8 Å². The van der Waals surface area contributed by atoms with Crippen molar-refractivity contribution in [3.63, 3.8) is 0 Å². The summed E-state index contributed by atoms with van der Waals surface area (Å²) in [5.74, 6) is 2.71. The molecule has 0 fully saturated rings. The fraction of sp³-hybridized carbons (Fsp3) is 1.00. The number of unbranched alkanes of at least 4 members (excludes halogenated alkanes) is 1. The Bertz CT molecular complexity index is 117. The lowest BCUT2D eigenvalue weighted by molar-refractivity contribution is 0.465. The average Bonchev–Trinajstić information content (AvgIpc) is 2.27. The second-order valence-corrected chi connectivity index (χ2v) is 5.39. The van der Waals surface area contributed by atoms with Gasteiger partial charge >= 0.3 is 0 Å². The van der Waals surface area contributed by atoms with Crippen molar-refractivity contribution in [2.75, 3.05) is 18.1 Å². The average molecular weight is 231 g/mol. The number of hydrogen-bond acceptors (Lipinski definition) is 2. The monoisotopic (exact) mass is 231 g/mol. The molecule has 0 spiro atoms. The van der Waals surface area contributed by atoms with Crippen LogP contribution in [-0.2, 0) is 0 Å². The van der Waals surface area contributed by atoms with Gasteiger partial charge in [0.25, 0.3) is 0 Å². The first-order valence-electron chi connectivity index (χ1n) is 6.66. The van der Waals surface area contributed by atoms with E-state index in [2.05, 4.69) is 37.8 Å². The smallest absolute Gasteiger partial charge is 0.00647 e. The molecule has 1 N–H and O–H groups in total. The van der Waals surface area contributed by atoms with Gasteiger partial charge in [0, 0.05) is 6.04 Å². The Hall–Kier alpha value is 0.310. The summed E-state index contributed by atoms with van der Waals surface area (Å²) in [6, 6.07) is 0.761. The fourth-order valence-electron chi connectivity index (χ4n) is 1.58. The third-order valence-electron chi connectivity index (χ3n) is 2.66. The maximum Gasteiger partial charge on any atom is 0.00647 e. The van der Waals surface area contributed by atoms with E-state index in [0.717, 1.165) is 6.04 Å². The van der Waals surface area contributed by atoms with E-state index in [1.807, 2.05) is 0 Å². The maximum absolute atomic E-state index is 3.61. The van der Waals surface area contributed by atoms with E-state index in [1.54, 1.807) is 0 Å². The predicted molar refractivity (Wildman–Crippen MR) is 73.8 cm³/mol. The minimum Gasteiger partial charge on any atom is -0.314 e. The van der Waals surface area contributed by atoms with E-state index in [9.17, 15) is 0 Å². The van der Waals surface area contributed by atoms with E-state index in [-0.39, 0.29) is 0 Å². The standard InChI is InChI=1S/C13H29NS/c1-4-7-11-15-12-8-9-13(6-3)14-10-5-2/h13-14H,4-12H2,1-3H3. The molecule has 0 saturated heterocycles. The van der Waals surface area contributed by atoms with Crippen LogP contribution in [0.25, 0.3) is 0 Å². The number of rotatable bonds is 11. The van der Waals surface area contributed by atoms with Crippen molar-refractivity contribution in [1.29, 1.82) is 0 Å². The first-order chi connectivity index (χ1) is 7.35. The van der Waals surface area contributed by atoms with Gasteiger partial charge < -0.3 is 5.32 Å². The lowest BCUT2D eigenvalue weighted by Gasteiger charge is -2.15. The highest BCUT2D eigenvalue weighted by Gasteiger charge is 2.03. The molecule has 0 bridgehead atoms. The molecular formula is C13H29NS. The summed E-state index contributed by atoms with van der Waals surface area (Å²) in [5.41, 5.74) is 0. The highest BCUT2D eigenvalue weighted by atomic mass is 32.2. The van der Waals surface area contributed by atoms with Crippen molar-refractivity contribution in [3.05, 3.63) is 0 Å². The normalized spacial score (nSPS) is 13.0. The predicted octanol–water partition coefficient (Wildman–Crippen LogP) is 4.08. The van der Waals surface area contributed by atoms with Gasteiger partial charge in [-0.1, -0.05) is 27.2 Å². The Labute approximate surface area is 101 Å². The van der Waals surface area contributed by atoms with Gasteiger partial charge in [-0.3, -0.25) is 0 Å². The zero-order chi connectivity index (χ0) is 11.4. The van der Waals surface area contributed by atoms with Gasteiger partial charge in [-0.15, -0.1) is 0 Å². The van der Waals surface area contributed by atoms with Gasteiger partial charge in [-0.2, -0.15) is 11.8 Å². The molecule has 1 atom stereocenters. The molecule has 2 heteroatoms. The van der Waals surface area contributed by atoms with E-state index >= 15 is 0 Å². The van der Waals surface area contributed by atoms with Crippen molar-refractivity contribution in [1.82, 2.24) is 5.32 Å². The SMILES string of the molecule is CCCCSCCCC(CC)NCCC. The Balaban J connectivity index is 3.22. The molecule has 15 heavy (non-hydrogen) atoms. The van der Waals surface area contributed by atoms with Crippen LogP contribution in [0.4, 0.5) is 0 Å². The second kappa shape index (κ2) is 12.4. The number of nitrogens with one attached hydrogen (secondary N) is 1. The van der Waals surface area contributed by atoms with Gasteiger partial charge in [-0.05, 0) is 50.2 Å². The first kappa shape index (κ1) is 15.3. The first-order valence-corrected chi connectivity index (χ1v) is 7.81. The molecule has 0 rings (SSSR count). The summed E-state index contributed by atoms with van der Waals surface area (Å²) in [4.78, 5) is 0. The molecule has 0 aromatic heterocycles. The van der Waals surface area contributed by atoms with E-state index in [4.69, 9.17) is 0 Å². The molecule has 0 aliphatic rings. The minimum atomic E-state index is 0.761. The van der Waals surface area contributed by atoms with Crippen LogP contribution in [0.2, 0.25) is 0 Å². The molecule has 0 aromatic rings. The lowest BCUT2D eigenvalue weighted by atomic mass is 10.1.